The van der Waals surface area contributed by atoms with Gasteiger partial charge in [0.15, 0.2) is 0 Å². The van der Waals surface area contributed by atoms with Crippen LogP contribution in [0.15, 0.2) is 18.2 Å². The Kier molecular flexibility index (Phi) is 3.62. The molecule has 1 unspecified atom stereocenters. The van der Waals surface area contributed by atoms with Crippen LogP contribution >= 0.6 is 0 Å². The number of nitrogens with two attached hydrogens (primary N) is 2. The van der Waals surface area contributed by atoms with E-state index in [1.54, 1.807) is 0 Å². The predicted octanol–water partition coefficient (Wildman–Crippen LogP) is -0.416. The summed E-state index contributed by atoms with van der Waals surface area (Å²) in [6.45, 7) is 0. The number of carbonyl (C=O) groups is 4. The Morgan fingerprint density at radius 1 is 1.19 bits per heavy atom. The first kappa shape index (κ1) is 14.5. The van der Waals surface area contributed by atoms with Crippen molar-refractivity contribution in [2.24, 2.45) is 5.73 Å². The maximum atomic E-state index is 12.3. The zero-order valence-corrected chi connectivity index (χ0v) is 10.9. The van der Waals surface area contributed by atoms with Crippen molar-refractivity contribution in [2.45, 2.75) is 18.9 Å². The highest BCUT2D eigenvalue weighted by atomic mass is 16.4. The van der Waals surface area contributed by atoms with E-state index in [0.29, 0.717) is 0 Å². The highest BCUT2D eigenvalue weighted by molar-refractivity contribution is 6.24. The molecule has 1 aromatic carbocycles. The number of nitrogen functional groups attached to an aromatic ring is 1. The van der Waals surface area contributed by atoms with E-state index in [1.165, 1.54) is 18.2 Å². The standard InChI is InChI=1S/C13H13N3O5/c14-8-3-1-2-7-11(8)13(21)16(12(7)20)6(4-9(15)17)5-10(18)19/h1-3,6H,4-5,14H2,(H2,15,17)(H,18,19). The third-order valence-electron chi connectivity index (χ3n) is 3.19. The van der Waals surface area contributed by atoms with Crippen molar-refractivity contribution in [3.63, 3.8) is 0 Å². The summed E-state index contributed by atoms with van der Waals surface area (Å²) in [6.07, 6.45) is -0.980. The van der Waals surface area contributed by atoms with Gasteiger partial charge in [0.2, 0.25) is 5.91 Å². The van der Waals surface area contributed by atoms with Crippen molar-refractivity contribution in [1.82, 2.24) is 4.90 Å². The fourth-order valence-electron chi connectivity index (χ4n) is 2.35. The topological polar surface area (TPSA) is 144 Å². The molecule has 21 heavy (non-hydrogen) atoms. The molecule has 110 valence electrons. The van der Waals surface area contributed by atoms with E-state index in [0.717, 1.165) is 4.90 Å². The maximum absolute atomic E-state index is 12.3. The lowest BCUT2D eigenvalue weighted by Gasteiger charge is -2.23. The Labute approximate surface area is 119 Å². The van der Waals surface area contributed by atoms with Gasteiger partial charge in [-0.3, -0.25) is 24.1 Å². The molecule has 0 saturated heterocycles. The van der Waals surface area contributed by atoms with Crippen molar-refractivity contribution in [2.75, 3.05) is 5.73 Å². The van der Waals surface area contributed by atoms with Crippen LogP contribution in [0.3, 0.4) is 0 Å². The number of primary amides is 1. The van der Waals surface area contributed by atoms with E-state index in [1.807, 2.05) is 0 Å². The monoisotopic (exact) mass is 291 g/mol. The number of carbonyl (C=O) groups excluding carboxylic acids is 3. The molecule has 1 heterocycles. The number of hydrogen-bond donors (Lipinski definition) is 3. The largest absolute Gasteiger partial charge is 0.481 e. The fourth-order valence-corrected chi connectivity index (χ4v) is 2.35. The van der Waals surface area contributed by atoms with Crippen molar-refractivity contribution < 1.29 is 24.3 Å². The van der Waals surface area contributed by atoms with E-state index in [-0.39, 0.29) is 16.8 Å². The van der Waals surface area contributed by atoms with Gasteiger partial charge < -0.3 is 16.6 Å². The Morgan fingerprint density at radius 3 is 2.38 bits per heavy atom. The van der Waals surface area contributed by atoms with Gasteiger partial charge in [0, 0.05) is 12.1 Å². The number of carboxylic acid groups (broad SMARTS) is 1. The lowest BCUT2D eigenvalue weighted by molar-refractivity contribution is -0.138. The molecule has 0 bridgehead atoms. The summed E-state index contributed by atoms with van der Waals surface area (Å²) in [6, 6.07) is 3.28. The van der Waals surface area contributed by atoms with Crippen LogP contribution in [-0.2, 0) is 9.59 Å². The second-order valence-corrected chi connectivity index (χ2v) is 4.67. The Bertz CT molecular complexity index is 639. The van der Waals surface area contributed by atoms with Crippen LogP contribution in [0.2, 0.25) is 0 Å². The van der Waals surface area contributed by atoms with Crippen LogP contribution in [0.25, 0.3) is 0 Å². The number of rotatable bonds is 5. The van der Waals surface area contributed by atoms with Gasteiger partial charge in [-0.1, -0.05) is 6.07 Å². The van der Waals surface area contributed by atoms with Gasteiger partial charge in [0.1, 0.15) is 0 Å². The summed E-state index contributed by atoms with van der Waals surface area (Å²) in [5.74, 6) is -3.42. The molecule has 0 fully saturated rings. The van der Waals surface area contributed by atoms with Crippen LogP contribution < -0.4 is 11.5 Å². The number of carboxylic acids is 1. The minimum absolute atomic E-state index is 0.0300. The van der Waals surface area contributed by atoms with Crippen LogP contribution in [0, 0.1) is 0 Å². The molecular weight excluding hydrogens is 278 g/mol. The van der Waals surface area contributed by atoms with Gasteiger partial charge >= 0.3 is 5.97 Å². The summed E-state index contributed by atoms with van der Waals surface area (Å²) in [4.78, 5) is 47.3. The number of fused-ring (bicyclic) bond motifs is 1. The van der Waals surface area contributed by atoms with E-state index in [9.17, 15) is 19.2 Å². The first-order chi connectivity index (χ1) is 9.82. The average molecular weight is 291 g/mol. The number of benzene rings is 1. The lowest BCUT2D eigenvalue weighted by atomic mass is 10.1. The molecule has 1 aliphatic heterocycles. The summed E-state index contributed by atoms with van der Waals surface area (Å²) < 4.78 is 0. The van der Waals surface area contributed by atoms with Gasteiger partial charge in [-0.15, -0.1) is 0 Å². The summed E-state index contributed by atoms with van der Waals surface area (Å²) in [5.41, 5.74) is 11.0. The highest BCUT2D eigenvalue weighted by Crippen LogP contribution is 2.30. The minimum atomic E-state index is -1.24. The zero-order chi connectivity index (χ0) is 15.7. The fraction of sp³-hybridized carbons (Fsp3) is 0.231. The van der Waals surface area contributed by atoms with E-state index >= 15 is 0 Å². The Hall–Kier alpha value is -2.90. The number of imide groups is 1. The molecule has 0 saturated carbocycles. The number of anilines is 1. The number of hydrogen-bond acceptors (Lipinski definition) is 5. The third kappa shape index (κ3) is 2.55. The predicted molar refractivity (Wildman–Crippen MR) is 71.2 cm³/mol. The van der Waals surface area contributed by atoms with Crippen molar-refractivity contribution in [1.29, 1.82) is 0 Å². The van der Waals surface area contributed by atoms with Crippen LogP contribution in [0.1, 0.15) is 33.6 Å². The van der Waals surface area contributed by atoms with Gasteiger partial charge in [-0.2, -0.15) is 0 Å². The van der Waals surface area contributed by atoms with Crippen LogP contribution in [-0.4, -0.2) is 39.7 Å². The second kappa shape index (κ2) is 5.23. The van der Waals surface area contributed by atoms with Gasteiger partial charge in [0.05, 0.1) is 23.6 Å². The molecule has 0 radical (unpaired) electrons. The SMILES string of the molecule is NC(=O)CC(CC(=O)O)N1C(=O)c2cccc(N)c2C1=O. The first-order valence-corrected chi connectivity index (χ1v) is 6.09. The normalized spacial score (nSPS) is 15.0. The number of nitrogens with zero attached hydrogens (tertiary/aromatic N) is 1. The lowest BCUT2D eigenvalue weighted by Crippen LogP contribution is -2.43. The van der Waals surface area contributed by atoms with E-state index < -0.39 is 42.6 Å². The van der Waals surface area contributed by atoms with Crippen LogP contribution in [0.5, 0.6) is 0 Å². The molecule has 8 nitrogen and oxygen atoms in total. The molecule has 1 atom stereocenters. The van der Waals surface area contributed by atoms with Crippen molar-refractivity contribution >= 4 is 29.4 Å². The minimum Gasteiger partial charge on any atom is -0.481 e. The maximum Gasteiger partial charge on any atom is 0.305 e. The molecule has 1 aliphatic rings. The summed E-state index contributed by atoms with van der Waals surface area (Å²) in [5, 5.41) is 8.88. The smallest absolute Gasteiger partial charge is 0.305 e. The van der Waals surface area contributed by atoms with Gasteiger partial charge in [0.25, 0.3) is 11.8 Å². The quantitative estimate of drug-likeness (QED) is 0.496. The third-order valence-corrected chi connectivity index (χ3v) is 3.19. The Morgan fingerprint density at radius 2 is 1.86 bits per heavy atom. The molecule has 1 aromatic rings. The number of amides is 3. The van der Waals surface area contributed by atoms with Crippen molar-refractivity contribution in [3.05, 3.63) is 29.3 Å². The molecule has 5 N–H and O–H groups in total. The number of aliphatic carboxylic acids is 1. The average Bonchev–Trinajstić information content (AvgIpc) is 2.61. The molecular formula is C13H13N3O5. The zero-order valence-electron chi connectivity index (χ0n) is 10.9. The summed E-state index contributed by atoms with van der Waals surface area (Å²) in [7, 11) is 0. The molecule has 0 aliphatic carbocycles. The molecule has 8 heteroatoms. The molecule has 2 rings (SSSR count). The van der Waals surface area contributed by atoms with Crippen molar-refractivity contribution in [3.8, 4) is 0 Å². The van der Waals surface area contributed by atoms with E-state index in [4.69, 9.17) is 16.6 Å². The Balaban J connectivity index is 2.42. The second-order valence-electron chi connectivity index (χ2n) is 4.67. The molecule has 0 aromatic heterocycles. The van der Waals surface area contributed by atoms with Gasteiger partial charge in [-0.25, -0.2) is 0 Å². The molecule has 0 spiro atoms. The first-order valence-electron chi connectivity index (χ1n) is 6.09. The highest BCUT2D eigenvalue weighted by Gasteiger charge is 2.42. The van der Waals surface area contributed by atoms with Crippen LogP contribution in [0.4, 0.5) is 5.69 Å². The summed E-state index contributed by atoms with van der Waals surface area (Å²) >= 11 is 0. The van der Waals surface area contributed by atoms with Gasteiger partial charge in [-0.05, 0) is 12.1 Å². The molecule has 3 amide bonds. The van der Waals surface area contributed by atoms with E-state index in [2.05, 4.69) is 0 Å².